The van der Waals surface area contributed by atoms with Gasteiger partial charge in [-0.05, 0) is 18.6 Å². The Morgan fingerprint density at radius 2 is 1.55 bits per heavy atom. The zero-order valence-electron chi connectivity index (χ0n) is 7.00. The van der Waals surface area contributed by atoms with Gasteiger partial charge >= 0.3 is 0 Å². The lowest BCUT2D eigenvalue weighted by Crippen LogP contribution is -2.26. The van der Waals surface area contributed by atoms with Crippen LogP contribution < -0.4 is 4.57 Å². The average molecular weight is 186 g/mol. The van der Waals surface area contributed by atoms with E-state index in [2.05, 4.69) is 42.6 Å². The Labute approximate surface area is 76.2 Å². The van der Waals surface area contributed by atoms with Crippen LogP contribution in [-0.2, 0) is 7.05 Å². The van der Waals surface area contributed by atoms with Gasteiger partial charge in [-0.3, -0.25) is 0 Å². The molecule has 0 fully saturated rings. The van der Waals surface area contributed by atoms with Crippen LogP contribution in [0.1, 0.15) is 0 Å². The summed E-state index contributed by atoms with van der Waals surface area (Å²) in [7, 11) is 2.06. The molecule has 0 radical (unpaired) electrons. The van der Waals surface area contributed by atoms with Crippen LogP contribution in [0.3, 0.4) is 0 Å². The Hall–Kier alpha value is -0.150. The van der Waals surface area contributed by atoms with Gasteiger partial charge in [0, 0.05) is 0 Å². The van der Waals surface area contributed by atoms with Crippen molar-refractivity contribution in [3.63, 3.8) is 0 Å². The molecule has 1 rings (SSSR count). The first-order valence-corrected chi connectivity index (χ1v) is 5.79. The first-order chi connectivity index (χ1) is 5.26. The summed E-state index contributed by atoms with van der Waals surface area (Å²) in [6, 6.07) is 2.20. The minimum atomic E-state index is 1.32. The van der Waals surface area contributed by atoms with E-state index in [1.165, 1.54) is 9.79 Å². The number of nitrogens with zero attached hydrogens (tertiary/aromatic N) is 1. The van der Waals surface area contributed by atoms with Crippen molar-refractivity contribution in [2.75, 3.05) is 12.5 Å². The lowest BCUT2D eigenvalue weighted by atomic mass is 10.5. The van der Waals surface area contributed by atoms with Gasteiger partial charge in [-0.25, -0.2) is 4.57 Å². The van der Waals surface area contributed by atoms with Crippen LogP contribution in [0.15, 0.2) is 28.3 Å². The number of rotatable bonds is 2. The molecule has 1 aromatic rings. The van der Waals surface area contributed by atoms with Crippen molar-refractivity contribution in [1.29, 1.82) is 0 Å². The Balaban J connectivity index is 3.02. The Morgan fingerprint density at radius 3 is 1.91 bits per heavy atom. The summed E-state index contributed by atoms with van der Waals surface area (Å²) < 4.78 is 2.09. The molecule has 0 saturated carbocycles. The monoisotopic (exact) mass is 186 g/mol. The van der Waals surface area contributed by atoms with Crippen LogP contribution in [0.25, 0.3) is 0 Å². The van der Waals surface area contributed by atoms with Gasteiger partial charge in [0.15, 0.2) is 12.4 Å². The highest BCUT2D eigenvalue weighted by atomic mass is 32.2. The molecule has 1 nitrogen and oxygen atoms in total. The van der Waals surface area contributed by atoms with Crippen molar-refractivity contribution in [3.05, 3.63) is 18.5 Å². The maximum Gasteiger partial charge on any atom is 0.182 e. The van der Waals surface area contributed by atoms with Crippen molar-refractivity contribution in [2.24, 2.45) is 7.05 Å². The highest BCUT2D eigenvalue weighted by molar-refractivity contribution is 7.99. The molecule has 0 aromatic carbocycles. The lowest BCUT2D eigenvalue weighted by Gasteiger charge is -1.96. The van der Waals surface area contributed by atoms with Crippen molar-refractivity contribution >= 4 is 23.5 Å². The number of pyridine rings is 1. The smallest absolute Gasteiger partial charge is 0.182 e. The standard InChI is InChI=1S/C8H12NS2/c1-9-5-7(10-2)4-8(6-9)11-3/h4-6H,1-3H3/q+1. The van der Waals surface area contributed by atoms with Crippen LogP contribution in [0, 0.1) is 0 Å². The van der Waals surface area contributed by atoms with Crippen LogP contribution in [-0.4, -0.2) is 12.5 Å². The van der Waals surface area contributed by atoms with Gasteiger partial charge in [0.2, 0.25) is 0 Å². The zero-order chi connectivity index (χ0) is 8.27. The summed E-state index contributed by atoms with van der Waals surface area (Å²) >= 11 is 3.56. The van der Waals surface area contributed by atoms with Crippen LogP contribution >= 0.6 is 23.5 Å². The Bertz CT molecular complexity index is 226. The van der Waals surface area contributed by atoms with Crippen molar-refractivity contribution in [3.8, 4) is 0 Å². The molecule has 60 valence electrons. The van der Waals surface area contributed by atoms with Gasteiger partial charge in [-0.15, -0.1) is 23.5 Å². The molecule has 0 aliphatic heterocycles. The molecular formula is C8H12NS2+. The fraction of sp³-hybridized carbons (Fsp3) is 0.375. The molecule has 0 N–H and O–H groups in total. The van der Waals surface area contributed by atoms with E-state index in [1.54, 1.807) is 23.5 Å². The van der Waals surface area contributed by atoms with Gasteiger partial charge in [-0.2, -0.15) is 0 Å². The van der Waals surface area contributed by atoms with Crippen LogP contribution in [0.5, 0.6) is 0 Å². The van der Waals surface area contributed by atoms with Gasteiger partial charge < -0.3 is 0 Å². The van der Waals surface area contributed by atoms with E-state index in [1.807, 2.05) is 0 Å². The first kappa shape index (κ1) is 8.94. The van der Waals surface area contributed by atoms with Gasteiger partial charge in [-0.1, -0.05) is 0 Å². The van der Waals surface area contributed by atoms with Crippen LogP contribution in [0.2, 0.25) is 0 Å². The molecule has 0 unspecified atom stereocenters. The third-order valence-corrected chi connectivity index (χ3v) is 2.81. The molecule has 3 heteroatoms. The predicted octanol–water partition coefficient (Wildman–Crippen LogP) is 1.95. The highest BCUT2D eigenvalue weighted by Gasteiger charge is 2.01. The largest absolute Gasteiger partial charge is 0.206 e. The van der Waals surface area contributed by atoms with E-state index in [-0.39, 0.29) is 0 Å². The molecule has 1 heterocycles. The normalized spacial score (nSPS) is 10.1. The van der Waals surface area contributed by atoms with Gasteiger partial charge in [0.25, 0.3) is 0 Å². The van der Waals surface area contributed by atoms with Gasteiger partial charge in [0.05, 0.1) is 9.79 Å². The lowest BCUT2D eigenvalue weighted by molar-refractivity contribution is -0.675. The number of thioether (sulfide) groups is 2. The summed E-state index contributed by atoms with van der Waals surface area (Å²) in [5.41, 5.74) is 0. The third kappa shape index (κ3) is 2.42. The summed E-state index contributed by atoms with van der Waals surface area (Å²) in [5.74, 6) is 0. The van der Waals surface area contributed by atoms with Crippen LogP contribution in [0.4, 0.5) is 0 Å². The van der Waals surface area contributed by atoms with E-state index in [4.69, 9.17) is 0 Å². The van der Waals surface area contributed by atoms with E-state index in [9.17, 15) is 0 Å². The van der Waals surface area contributed by atoms with Gasteiger partial charge in [0.1, 0.15) is 7.05 Å². The second-order valence-electron chi connectivity index (χ2n) is 2.28. The zero-order valence-corrected chi connectivity index (χ0v) is 8.63. The van der Waals surface area contributed by atoms with E-state index in [0.717, 1.165) is 0 Å². The number of hydrogen-bond acceptors (Lipinski definition) is 2. The molecule has 0 amide bonds. The minimum absolute atomic E-state index is 1.32. The molecule has 0 atom stereocenters. The quantitative estimate of drug-likeness (QED) is 0.513. The fourth-order valence-corrected chi connectivity index (χ4v) is 1.98. The molecule has 0 aliphatic carbocycles. The first-order valence-electron chi connectivity index (χ1n) is 3.34. The van der Waals surface area contributed by atoms with E-state index < -0.39 is 0 Å². The molecule has 0 saturated heterocycles. The topological polar surface area (TPSA) is 3.88 Å². The molecule has 0 bridgehead atoms. The number of hydrogen-bond donors (Lipinski definition) is 0. The second kappa shape index (κ2) is 4.02. The predicted molar refractivity (Wildman–Crippen MR) is 51.2 cm³/mol. The summed E-state index contributed by atoms with van der Waals surface area (Å²) in [5, 5.41) is 0. The number of aryl methyl sites for hydroxylation is 1. The summed E-state index contributed by atoms with van der Waals surface area (Å²) in [6.07, 6.45) is 8.45. The van der Waals surface area contributed by atoms with Crippen molar-refractivity contribution in [1.82, 2.24) is 0 Å². The maximum atomic E-state index is 2.20. The molecule has 0 spiro atoms. The molecule has 0 aliphatic rings. The van der Waals surface area contributed by atoms with Crippen molar-refractivity contribution in [2.45, 2.75) is 9.79 Å². The SMILES string of the molecule is CSc1cc(SC)c[n+](C)c1. The average Bonchev–Trinajstić information content (AvgIpc) is 2.03. The molecule has 1 aromatic heterocycles. The molecule has 11 heavy (non-hydrogen) atoms. The fourth-order valence-electron chi connectivity index (χ4n) is 0.877. The maximum absolute atomic E-state index is 2.20. The second-order valence-corrected chi connectivity index (χ2v) is 4.04. The summed E-state index contributed by atoms with van der Waals surface area (Å²) in [6.45, 7) is 0. The highest BCUT2D eigenvalue weighted by Crippen LogP contribution is 2.18. The van der Waals surface area contributed by atoms with E-state index in [0.29, 0.717) is 0 Å². The summed E-state index contributed by atoms with van der Waals surface area (Å²) in [4.78, 5) is 2.64. The minimum Gasteiger partial charge on any atom is -0.206 e. The third-order valence-electron chi connectivity index (χ3n) is 1.42. The Kier molecular flexibility index (Phi) is 3.27. The molecular weight excluding hydrogens is 174 g/mol. The Morgan fingerprint density at radius 1 is 1.09 bits per heavy atom. The van der Waals surface area contributed by atoms with E-state index >= 15 is 0 Å². The van der Waals surface area contributed by atoms with Crippen molar-refractivity contribution < 1.29 is 4.57 Å². The number of aromatic nitrogens is 1.